The van der Waals surface area contributed by atoms with E-state index >= 15 is 0 Å². The topological polar surface area (TPSA) is 55.1 Å². The van der Waals surface area contributed by atoms with Crippen LogP contribution in [-0.2, 0) is 16.8 Å². The number of benzene rings is 2. The zero-order valence-electron chi connectivity index (χ0n) is 12.6. The van der Waals surface area contributed by atoms with Gasteiger partial charge in [-0.15, -0.1) is 0 Å². The molecule has 1 unspecified atom stereocenters. The lowest BCUT2D eigenvalue weighted by Gasteiger charge is -2.33. The Labute approximate surface area is 126 Å². The Morgan fingerprint density at radius 3 is 2.33 bits per heavy atom. The van der Waals surface area contributed by atoms with Crippen molar-refractivity contribution in [2.45, 2.75) is 25.8 Å². The second-order valence-corrected chi connectivity index (χ2v) is 5.56. The predicted octanol–water partition coefficient (Wildman–Crippen LogP) is 2.53. The quantitative estimate of drug-likeness (QED) is 0.885. The number of amides is 1. The summed E-state index contributed by atoms with van der Waals surface area (Å²) in [6, 6.07) is 18.3. The third kappa shape index (κ3) is 3.70. The molecule has 0 saturated carbocycles. The van der Waals surface area contributed by atoms with E-state index < -0.39 is 5.54 Å². The van der Waals surface area contributed by atoms with Gasteiger partial charge in [-0.05, 0) is 37.0 Å². The molecule has 0 aliphatic rings. The molecule has 2 aromatic carbocycles. The highest BCUT2D eigenvalue weighted by Crippen LogP contribution is 2.28. The van der Waals surface area contributed by atoms with Crippen molar-refractivity contribution in [1.82, 2.24) is 5.32 Å². The first-order valence-electron chi connectivity index (χ1n) is 7.16. The first-order chi connectivity index (χ1) is 10.0. The maximum Gasteiger partial charge on any atom is 0.234 e. The van der Waals surface area contributed by atoms with Gasteiger partial charge in [0.15, 0.2) is 0 Å². The number of rotatable bonds is 5. The van der Waals surface area contributed by atoms with Crippen LogP contribution in [0.15, 0.2) is 54.6 Å². The molecule has 0 heterocycles. The van der Waals surface area contributed by atoms with Crippen molar-refractivity contribution in [3.05, 3.63) is 71.3 Å². The van der Waals surface area contributed by atoms with Crippen LogP contribution in [0.5, 0.6) is 0 Å². The third-order valence-corrected chi connectivity index (χ3v) is 3.74. The average Bonchev–Trinajstić information content (AvgIpc) is 2.48. The molecule has 0 saturated heterocycles. The van der Waals surface area contributed by atoms with E-state index in [9.17, 15) is 4.79 Å². The minimum absolute atomic E-state index is 0.00371. The normalized spacial score (nSPS) is 13.5. The number of hydrogen-bond acceptors (Lipinski definition) is 2. The fourth-order valence-corrected chi connectivity index (χ4v) is 2.76. The molecule has 3 N–H and O–H groups in total. The first kappa shape index (κ1) is 15.3. The molecule has 21 heavy (non-hydrogen) atoms. The summed E-state index contributed by atoms with van der Waals surface area (Å²) in [6.07, 6.45) is 0.727. The van der Waals surface area contributed by atoms with Crippen molar-refractivity contribution in [1.29, 1.82) is 0 Å². The van der Waals surface area contributed by atoms with Crippen molar-refractivity contribution in [2.75, 3.05) is 6.54 Å². The Balaban J connectivity index is 2.39. The van der Waals surface area contributed by atoms with E-state index in [-0.39, 0.29) is 12.5 Å². The predicted molar refractivity (Wildman–Crippen MR) is 85.9 cm³/mol. The summed E-state index contributed by atoms with van der Waals surface area (Å²) in [7, 11) is 0. The van der Waals surface area contributed by atoms with Gasteiger partial charge in [0, 0.05) is 0 Å². The lowest BCUT2D eigenvalue weighted by molar-refractivity contribution is -0.121. The minimum atomic E-state index is -0.469. The van der Waals surface area contributed by atoms with Gasteiger partial charge in [0.25, 0.3) is 0 Å². The molecule has 0 aliphatic heterocycles. The van der Waals surface area contributed by atoms with Gasteiger partial charge in [0.05, 0.1) is 12.1 Å². The van der Waals surface area contributed by atoms with Crippen molar-refractivity contribution >= 4 is 5.91 Å². The molecular weight excluding hydrogens is 260 g/mol. The van der Waals surface area contributed by atoms with Gasteiger partial charge in [-0.1, -0.05) is 54.6 Å². The Hall–Kier alpha value is -2.13. The summed E-state index contributed by atoms with van der Waals surface area (Å²) in [5, 5.41) is 3.08. The van der Waals surface area contributed by atoms with Crippen LogP contribution in [-0.4, -0.2) is 12.5 Å². The Kier molecular flexibility index (Phi) is 4.76. The number of carbonyl (C=O) groups excluding carboxylic acids is 1. The van der Waals surface area contributed by atoms with E-state index in [1.54, 1.807) is 0 Å². The van der Waals surface area contributed by atoms with E-state index in [0.29, 0.717) is 0 Å². The van der Waals surface area contributed by atoms with Crippen LogP contribution >= 0.6 is 0 Å². The number of hydrogen-bond donors (Lipinski definition) is 2. The third-order valence-electron chi connectivity index (χ3n) is 3.74. The molecule has 0 radical (unpaired) electrons. The molecular formula is C18H22N2O. The van der Waals surface area contributed by atoms with Crippen LogP contribution in [0.4, 0.5) is 0 Å². The average molecular weight is 282 g/mol. The van der Waals surface area contributed by atoms with E-state index in [1.165, 1.54) is 5.56 Å². The molecule has 1 atom stereocenters. The second kappa shape index (κ2) is 6.55. The Morgan fingerprint density at radius 2 is 1.71 bits per heavy atom. The standard InChI is InChI=1S/C18H22N2O/c1-14-8-6-7-11-16(14)18(2,20-17(21)13-19)12-15-9-4-3-5-10-15/h3-11H,12-13,19H2,1-2H3,(H,20,21). The molecule has 0 fully saturated rings. The minimum Gasteiger partial charge on any atom is -0.345 e. The SMILES string of the molecule is Cc1ccccc1C(C)(Cc1ccccc1)NC(=O)CN. The van der Waals surface area contributed by atoms with E-state index in [0.717, 1.165) is 17.5 Å². The smallest absolute Gasteiger partial charge is 0.234 e. The van der Waals surface area contributed by atoms with E-state index in [4.69, 9.17) is 5.73 Å². The second-order valence-electron chi connectivity index (χ2n) is 5.56. The van der Waals surface area contributed by atoms with E-state index in [2.05, 4.69) is 43.4 Å². The molecule has 2 aromatic rings. The number of nitrogens with one attached hydrogen (secondary N) is 1. The zero-order chi connectivity index (χ0) is 15.3. The highest BCUT2D eigenvalue weighted by atomic mass is 16.2. The largest absolute Gasteiger partial charge is 0.345 e. The molecule has 0 spiro atoms. The molecule has 0 aliphatic carbocycles. The Morgan fingerprint density at radius 1 is 1.10 bits per heavy atom. The fraction of sp³-hybridized carbons (Fsp3) is 0.278. The first-order valence-corrected chi connectivity index (χ1v) is 7.16. The van der Waals surface area contributed by atoms with Crippen molar-refractivity contribution < 1.29 is 4.79 Å². The zero-order valence-corrected chi connectivity index (χ0v) is 12.6. The molecule has 3 heteroatoms. The lowest BCUT2D eigenvalue weighted by Crippen LogP contribution is -2.47. The van der Waals surface area contributed by atoms with Gasteiger partial charge in [-0.25, -0.2) is 0 Å². The van der Waals surface area contributed by atoms with Gasteiger partial charge in [-0.3, -0.25) is 4.79 Å². The van der Waals surface area contributed by atoms with E-state index in [1.807, 2.05) is 30.3 Å². The highest BCUT2D eigenvalue weighted by Gasteiger charge is 2.29. The molecule has 110 valence electrons. The molecule has 3 nitrogen and oxygen atoms in total. The summed E-state index contributed by atoms with van der Waals surface area (Å²) in [5.41, 5.74) is 8.47. The Bertz CT molecular complexity index is 610. The van der Waals surface area contributed by atoms with Crippen LogP contribution in [0, 0.1) is 6.92 Å². The molecule has 0 aromatic heterocycles. The highest BCUT2D eigenvalue weighted by molar-refractivity contribution is 5.79. The number of aryl methyl sites for hydroxylation is 1. The van der Waals surface area contributed by atoms with Gasteiger partial charge in [-0.2, -0.15) is 0 Å². The van der Waals surface area contributed by atoms with Gasteiger partial charge in [0.1, 0.15) is 0 Å². The maximum atomic E-state index is 11.9. The summed E-state index contributed by atoms with van der Waals surface area (Å²) in [4.78, 5) is 11.9. The summed E-state index contributed by atoms with van der Waals surface area (Å²) in [5.74, 6) is -0.142. The van der Waals surface area contributed by atoms with Gasteiger partial charge in [0.2, 0.25) is 5.91 Å². The number of carbonyl (C=O) groups is 1. The monoisotopic (exact) mass is 282 g/mol. The van der Waals surface area contributed by atoms with Crippen LogP contribution in [0.1, 0.15) is 23.6 Å². The number of nitrogens with two attached hydrogens (primary N) is 1. The van der Waals surface area contributed by atoms with Crippen LogP contribution in [0.3, 0.4) is 0 Å². The van der Waals surface area contributed by atoms with Crippen LogP contribution in [0.2, 0.25) is 0 Å². The molecule has 2 rings (SSSR count). The summed E-state index contributed by atoms with van der Waals surface area (Å²) >= 11 is 0. The van der Waals surface area contributed by atoms with Crippen molar-refractivity contribution in [3.63, 3.8) is 0 Å². The van der Waals surface area contributed by atoms with Crippen molar-refractivity contribution in [3.8, 4) is 0 Å². The van der Waals surface area contributed by atoms with Crippen LogP contribution in [0.25, 0.3) is 0 Å². The lowest BCUT2D eigenvalue weighted by atomic mass is 9.83. The van der Waals surface area contributed by atoms with Crippen LogP contribution < -0.4 is 11.1 Å². The van der Waals surface area contributed by atoms with Gasteiger partial charge >= 0.3 is 0 Å². The summed E-state index contributed by atoms with van der Waals surface area (Å²) in [6.45, 7) is 4.11. The van der Waals surface area contributed by atoms with Gasteiger partial charge < -0.3 is 11.1 Å². The molecule has 1 amide bonds. The summed E-state index contributed by atoms with van der Waals surface area (Å²) < 4.78 is 0. The molecule has 0 bridgehead atoms. The maximum absolute atomic E-state index is 11.9. The van der Waals surface area contributed by atoms with Crippen molar-refractivity contribution in [2.24, 2.45) is 5.73 Å². The fourth-order valence-electron chi connectivity index (χ4n) is 2.76.